The average Bonchev–Trinajstić information content (AvgIpc) is 2.75. The maximum Gasteiger partial charge on any atom is 0.225 e. The molecule has 31 heavy (non-hydrogen) atoms. The van der Waals surface area contributed by atoms with Gasteiger partial charge in [-0.25, -0.2) is 0 Å². The van der Waals surface area contributed by atoms with E-state index in [2.05, 4.69) is 44.0 Å². The summed E-state index contributed by atoms with van der Waals surface area (Å²) in [6.07, 6.45) is 5.77. The highest BCUT2D eigenvalue weighted by Gasteiger charge is 2.57. The number of amides is 2. The Bertz CT molecular complexity index is 856. The fourth-order valence-corrected chi connectivity index (χ4v) is 6.42. The van der Waals surface area contributed by atoms with Crippen molar-refractivity contribution in [3.63, 3.8) is 0 Å². The van der Waals surface area contributed by atoms with Crippen LogP contribution in [0.25, 0.3) is 0 Å². The zero-order valence-electron chi connectivity index (χ0n) is 19.5. The van der Waals surface area contributed by atoms with E-state index in [0.717, 1.165) is 57.2 Å². The summed E-state index contributed by atoms with van der Waals surface area (Å²) in [4.78, 5) is 28.1. The molecule has 5 nitrogen and oxygen atoms in total. The molecule has 0 spiro atoms. The molecule has 0 unspecified atom stereocenters. The Morgan fingerprint density at radius 1 is 1.13 bits per heavy atom. The lowest BCUT2D eigenvalue weighted by Gasteiger charge is -2.61. The van der Waals surface area contributed by atoms with E-state index in [-0.39, 0.29) is 40.5 Å². The summed E-state index contributed by atoms with van der Waals surface area (Å²) >= 11 is 0. The van der Waals surface area contributed by atoms with Crippen LogP contribution in [-0.4, -0.2) is 41.0 Å². The number of benzene rings is 1. The van der Waals surface area contributed by atoms with Gasteiger partial charge in [-0.1, -0.05) is 39.8 Å². The van der Waals surface area contributed by atoms with Crippen LogP contribution >= 0.6 is 0 Å². The average molecular weight is 427 g/mol. The van der Waals surface area contributed by atoms with Gasteiger partial charge in [-0.3, -0.25) is 9.59 Å². The number of nitrogens with one attached hydrogen (secondary N) is 1. The Hall–Kier alpha value is -2.04. The van der Waals surface area contributed by atoms with Crippen LogP contribution in [0.4, 0.5) is 0 Å². The largest absolute Gasteiger partial charge is 0.508 e. The third-order valence-corrected chi connectivity index (χ3v) is 8.91. The molecule has 5 heteroatoms. The number of fused-ring (bicyclic) bond motifs is 4. The van der Waals surface area contributed by atoms with Crippen molar-refractivity contribution in [3.05, 3.63) is 29.3 Å². The number of carbonyl (C=O) groups is 2. The first-order chi connectivity index (χ1) is 14.7. The predicted molar refractivity (Wildman–Crippen MR) is 122 cm³/mol. The first kappa shape index (κ1) is 22.2. The van der Waals surface area contributed by atoms with Gasteiger partial charge >= 0.3 is 0 Å². The van der Waals surface area contributed by atoms with Crippen molar-refractivity contribution < 1.29 is 14.7 Å². The molecule has 1 saturated heterocycles. The zero-order chi connectivity index (χ0) is 22.4. The molecule has 3 aliphatic rings. The highest BCUT2D eigenvalue weighted by atomic mass is 16.3. The maximum absolute atomic E-state index is 13.7. The van der Waals surface area contributed by atoms with Gasteiger partial charge in [0.2, 0.25) is 11.8 Å². The van der Waals surface area contributed by atoms with Crippen molar-refractivity contribution in [1.29, 1.82) is 0 Å². The lowest BCUT2D eigenvalue weighted by atomic mass is 9.51. The topological polar surface area (TPSA) is 69.6 Å². The van der Waals surface area contributed by atoms with Crippen LogP contribution in [0, 0.1) is 17.3 Å². The van der Waals surface area contributed by atoms with E-state index >= 15 is 0 Å². The van der Waals surface area contributed by atoms with E-state index in [1.54, 1.807) is 6.07 Å². The van der Waals surface area contributed by atoms with Crippen LogP contribution in [0.3, 0.4) is 0 Å². The Morgan fingerprint density at radius 3 is 2.48 bits per heavy atom. The fourth-order valence-electron chi connectivity index (χ4n) is 6.42. The minimum Gasteiger partial charge on any atom is -0.508 e. The molecule has 1 heterocycles. The third-order valence-electron chi connectivity index (χ3n) is 8.91. The van der Waals surface area contributed by atoms with Gasteiger partial charge in [0, 0.05) is 36.4 Å². The van der Waals surface area contributed by atoms with Crippen molar-refractivity contribution in [1.82, 2.24) is 10.2 Å². The molecule has 2 amide bonds. The number of nitrogens with zero attached hydrogens (tertiary/aromatic N) is 1. The summed E-state index contributed by atoms with van der Waals surface area (Å²) in [5, 5.41) is 13.6. The van der Waals surface area contributed by atoms with Crippen LogP contribution in [0.1, 0.15) is 77.3 Å². The SMILES string of the molecule is CCCNC(=O)C1CCC(C(=O)N2CC[C@@]3(C)c4cccc(O)c4C[C@@H]2C3(C)C)CC1. The molecular weight excluding hydrogens is 388 g/mol. The minimum atomic E-state index is -0.0705. The molecule has 0 aromatic heterocycles. The second-order valence-corrected chi connectivity index (χ2v) is 10.7. The summed E-state index contributed by atoms with van der Waals surface area (Å²) in [6.45, 7) is 10.5. The summed E-state index contributed by atoms with van der Waals surface area (Å²) in [7, 11) is 0. The number of carbonyl (C=O) groups excluding carboxylic acids is 2. The Morgan fingerprint density at radius 2 is 1.81 bits per heavy atom. The first-order valence-corrected chi connectivity index (χ1v) is 12.1. The number of phenolic OH excluding ortho intramolecular Hbond substituents is 1. The highest BCUT2D eigenvalue weighted by Crippen LogP contribution is 2.57. The second kappa shape index (κ2) is 8.14. The van der Waals surface area contributed by atoms with Gasteiger partial charge in [0.15, 0.2) is 0 Å². The van der Waals surface area contributed by atoms with E-state index in [0.29, 0.717) is 12.2 Å². The molecule has 0 radical (unpaired) electrons. The molecule has 2 fully saturated rings. The zero-order valence-corrected chi connectivity index (χ0v) is 19.5. The highest BCUT2D eigenvalue weighted by molar-refractivity contribution is 5.82. The summed E-state index contributed by atoms with van der Waals surface area (Å²) in [6, 6.07) is 5.97. The van der Waals surface area contributed by atoms with E-state index < -0.39 is 0 Å². The van der Waals surface area contributed by atoms with Gasteiger partial charge in [-0.15, -0.1) is 0 Å². The molecule has 1 aromatic rings. The molecule has 2 bridgehead atoms. The van der Waals surface area contributed by atoms with E-state index in [1.165, 1.54) is 5.56 Å². The van der Waals surface area contributed by atoms with Gasteiger partial charge in [0.05, 0.1) is 0 Å². The van der Waals surface area contributed by atoms with Gasteiger partial charge in [-0.05, 0) is 67.6 Å². The molecule has 2 atom stereocenters. The minimum absolute atomic E-state index is 0.0150. The van der Waals surface area contributed by atoms with Crippen LogP contribution in [0.5, 0.6) is 5.75 Å². The fraction of sp³-hybridized carbons (Fsp3) is 0.692. The number of piperidine rings is 1. The standard InChI is InChI=1S/C26H38N2O3/c1-5-14-27-23(30)17-9-11-18(12-10-17)24(31)28-15-13-26(4)20-7-6-8-21(29)19(20)16-22(28)25(26,2)3/h6-8,17-18,22,29H,5,9-16H2,1-4H3,(H,27,30)/t17?,18?,22-,26+/m1/s1. The van der Waals surface area contributed by atoms with Crippen LogP contribution in [0.2, 0.25) is 0 Å². The van der Waals surface area contributed by atoms with Crippen molar-refractivity contribution >= 4 is 11.8 Å². The summed E-state index contributed by atoms with van der Waals surface area (Å²) in [5.41, 5.74) is 2.14. The number of aromatic hydroxyl groups is 1. The Labute approximate surface area is 186 Å². The van der Waals surface area contributed by atoms with E-state index in [9.17, 15) is 14.7 Å². The Kier molecular flexibility index (Phi) is 5.82. The third kappa shape index (κ3) is 3.54. The molecule has 2 aliphatic carbocycles. The van der Waals surface area contributed by atoms with E-state index in [1.807, 2.05) is 6.07 Å². The lowest BCUT2D eigenvalue weighted by Crippen LogP contribution is -2.65. The van der Waals surface area contributed by atoms with Gasteiger partial charge < -0.3 is 15.3 Å². The van der Waals surface area contributed by atoms with Crippen LogP contribution < -0.4 is 5.32 Å². The Balaban J connectivity index is 1.50. The van der Waals surface area contributed by atoms with Gasteiger partial charge in [-0.2, -0.15) is 0 Å². The molecular formula is C26H38N2O3. The monoisotopic (exact) mass is 426 g/mol. The molecule has 1 saturated carbocycles. The van der Waals surface area contributed by atoms with Crippen molar-refractivity contribution in [2.75, 3.05) is 13.1 Å². The van der Waals surface area contributed by atoms with Crippen molar-refractivity contribution in [3.8, 4) is 5.75 Å². The van der Waals surface area contributed by atoms with Crippen molar-refractivity contribution in [2.45, 2.75) is 84.1 Å². The molecule has 1 aliphatic heterocycles. The second-order valence-electron chi connectivity index (χ2n) is 10.7. The maximum atomic E-state index is 13.7. The molecule has 2 N–H and O–H groups in total. The quantitative estimate of drug-likeness (QED) is 0.759. The number of hydrogen-bond acceptors (Lipinski definition) is 3. The number of rotatable bonds is 4. The molecule has 4 rings (SSSR count). The smallest absolute Gasteiger partial charge is 0.225 e. The number of likely N-dealkylation sites (tertiary alicyclic amines) is 1. The molecule has 1 aromatic carbocycles. The number of hydrogen-bond donors (Lipinski definition) is 2. The predicted octanol–water partition coefficient (Wildman–Crippen LogP) is 4.17. The van der Waals surface area contributed by atoms with Gasteiger partial charge in [0.1, 0.15) is 5.75 Å². The lowest BCUT2D eigenvalue weighted by molar-refractivity contribution is -0.150. The normalized spacial score (nSPS) is 31.6. The molecule has 170 valence electrons. The summed E-state index contributed by atoms with van der Waals surface area (Å²) in [5.74, 6) is 0.835. The van der Waals surface area contributed by atoms with Crippen LogP contribution in [0.15, 0.2) is 18.2 Å². The first-order valence-electron chi connectivity index (χ1n) is 12.1. The van der Waals surface area contributed by atoms with Crippen LogP contribution in [-0.2, 0) is 21.4 Å². The van der Waals surface area contributed by atoms with Gasteiger partial charge in [0.25, 0.3) is 0 Å². The summed E-state index contributed by atoms with van der Waals surface area (Å²) < 4.78 is 0. The van der Waals surface area contributed by atoms with Crippen molar-refractivity contribution in [2.24, 2.45) is 17.3 Å². The van der Waals surface area contributed by atoms with E-state index in [4.69, 9.17) is 0 Å². The number of phenols is 1.